The van der Waals surface area contributed by atoms with Crippen molar-refractivity contribution >= 4 is 23.5 Å². The molecule has 0 aliphatic rings. The molecule has 0 spiro atoms. The van der Waals surface area contributed by atoms with Crippen LogP contribution >= 0.6 is 0 Å². The van der Waals surface area contributed by atoms with Crippen LogP contribution in [0.1, 0.15) is 18.4 Å². The summed E-state index contributed by atoms with van der Waals surface area (Å²) < 4.78 is 0. The molecule has 22 heavy (non-hydrogen) atoms. The molecule has 0 radical (unpaired) electrons. The second-order valence-corrected chi connectivity index (χ2v) is 4.49. The number of hydrogen-bond donors (Lipinski definition) is 3. The summed E-state index contributed by atoms with van der Waals surface area (Å²) in [4.78, 5) is 43.2. The number of carboxylic acid groups (broad SMARTS) is 2. The van der Waals surface area contributed by atoms with Crippen molar-refractivity contribution in [2.45, 2.75) is 25.3 Å². The number of amides is 1. The van der Waals surface area contributed by atoms with E-state index in [4.69, 9.17) is 10.2 Å². The predicted molar refractivity (Wildman–Crippen MR) is 73.2 cm³/mol. The Hall–Kier alpha value is -2.97. The van der Waals surface area contributed by atoms with E-state index < -0.39 is 35.2 Å². The van der Waals surface area contributed by atoms with Gasteiger partial charge in [0.15, 0.2) is 0 Å². The van der Waals surface area contributed by atoms with Crippen molar-refractivity contribution in [3.63, 3.8) is 0 Å². The number of nitro groups is 1. The van der Waals surface area contributed by atoms with E-state index in [1.54, 1.807) is 0 Å². The molecule has 0 aliphatic heterocycles. The molecule has 3 N–H and O–H groups in total. The van der Waals surface area contributed by atoms with E-state index in [-0.39, 0.29) is 18.5 Å². The lowest BCUT2D eigenvalue weighted by Gasteiger charge is -2.13. The van der Waals surface area contributed by atoms with Gasteiger partial charge in [0.05, 0.1) is 11.3 Å². The Bertz CT molecular complexity index is 600. The average molecular weight is 310 g/mol. The smallest absolute Gasteiger partial charge is 0.326 e. The minimum Gasteiger partial charge on any atom is -0.481 e. The maximum absolute atomic E-state index is 11.8. The second kappa shape index (κ2) is 7.72. The standard InChI is InChI=1S/C13H14N2O7/c16-11(14-10(13(19)20)4-5-12(17)18)7-8-2-1-3-9(6-8)15(21)22/h1-3,6,10H,4-5,7H2,(H,14,16)(H,17,18)(H,19,20). The van der Waals surface area contributed by atoms with Crippen molar-refractivity contribution in [2.24, 2.45) is 0 Å². The van der Waals surface area contributed by atoms with E-state index in [9.17, 15) is 24.5 Å². The molecule has 0 heterocycles. The lowest BCUT2D eigenvalue weighted by molar-refractivity contribution is -0.384. The molecule has 0 bridgehead atoms. The highest BCUT2D eigenvalue weighted by Crippen LogP contribution is 2.13. The average Bonchev–Trinajstić information content (AvgIpc) is 2.43. The maximum Gasteiger partial charge on any atom is 0.326 e. The van der Waals surface area contributed by atoms with Crippen LogP contribution in [0.15, 0.2) is 24.3 Å². The zero-order chi connectivity index (χ0) is 16.7. The molecule has 0 aromatic heterocycles. The van der Waals surface area contributed by atoms with Crippen LogP contribution in [0.2, 0.25) is 0 Å². The zero-order valence-corrected chi connectivity index (χ0v) is 11.4. The lowest BCUT2D eigenvalue weighted by Crippen LogP contribution is -2.41. The molecule has 0 saturated heterocycles. The Morgan fingerprint density at radius 2 is 1.95 bits per heavy atom. The van der Waals surface area contributed by atoms with E-state index in [0.29, 0.717) is 5.56 Å². The molecule has 9 nitrogen and oxygen atoms in total. The van der Waals surface area contributed by atoms with Gasteiger partial charge in [0.25, 0.3) is 5.69 Å². The first-order valence-corrected chi connectivity index (χ1v) is 6.27. The number of carbonyl (C=O) groups is 3. The van der Waals surface area contributed by atoms with Gasteiger partial charge in [0.2, 0.25) is 5.91 Å². The fourth-order valence-electron chi connectivity index (χ4n) is 1.74. The van der Waals surface area contributed by atoms with E-state index in [1.165, 1.54) is 24.3 Å². The van der Waals surface area contributed by atoms with Crippen LogP contribution in [0.25, 0.3) is 0 Å². The number of carboxylic acids is 2. The van der Waals surface area contributed by atoms with Crippen molar-refractivity contribution in [3.05, 3.63) is 39.9 Å². The van der Waals surface area contributed by atoms with Crippen LogP contribution in [0.4, 0.5) is 5.69 Å². The number of nitro benzene ring substituents is 1. The summed E-state index contributed by atoms with van der Waals surface area (Å²) >= 11 is 0. The van der Waals surface area contributed by atoms with Gasteiger partial charge in [-0.1, -0.05) is 12.1 Å². The van der Waals surface area contributed by atoms with E-state index in [0.717, 1.165) is 0 Å². The van der Waals surface area contributed by atoms with Crippen LogP contribution in [-0.2, 0) is 20.8 Å². The van der Waals surface area contributed by atoms with Crippen LogP contribution in [0.3, 0.4) is 0 Å². The number of benzene rings is 1. The fourth-order valence-corrected chi connectivity index (χ4v) is 1.74. The second-order valence-electron chi connectivity index (χ2n) is 4.49. The van der Waals surface area contributed by atoms with Gasteiger partial charge in [-0.15, -0.1) is 0 Å². The van der Waals surface area contributed by atoms with Gasteiger partial charge in [0, 0.05) is 18.6 Å². The first-order valence-electron chi connectivity index (χ1n) is 6.27. The highest BCUT2D eigenvalue weighted by atomic mass is 16.6. The van der Waals surface area contributed by atoms with Crippen LogP contribution in [-0.4, -0.2) is 39.0 Å². The number of non-ortho nitro benzene ring substituents is 1. The monoisotopic (exact) mass is 310 g/mol. The molecule has 1 amide bonds. The topological polar surface area (TPSA) is 147 Å². The lowest BCUT2D eigenvalue weighted by atomic mass is 10.1. The van der Waals surface area contributed by atoms with Gasteiger partial charge < -0.3 is 15.5 Å². The van der Waals surface area contributed by atoms with Crippen molar-refractivity contribution < 1.29 is 29.5 Å². The van der Waals surface area contributed by atoms with Gasteiger partial charge in [0.1, 0.15) is 6.04 Å². The quantitative estimate of drug-likeness (QED) is 0.469. The van der Waals surface area contributed by atoms with Gasteiger partial charge in [-0.25, -0.2) is 4.79 Å². The molecule has 1 aromatic carbocycles. The van der Waals surface area contributed by atoms with Crippen molar-refractivity contribution in [1.29, 1.82) is 0 Å². The molecular weight excluding hydrogens is 296 g/mol. The van der Waals surface area contributed by atoms with Crippen LogP contribution in [0.5, 0.6) is 0 Å². The third kappa shape index (κ3) is 5.57. The molecule has 1 atom stereocenters. The number of rotatable bonds is 8. The fraction of sp³-hybridized carbons (Fsp3) is 0.308. The minimum atomic E-state index is -1.34. The van der Waals surface area contributed by atoms with Gasteiger partial charge in [-0.2, -0.15) is 0 Å². The summed E-state index contributed by atoms with van der Waals surface area (Å²) in [6, 6.07) is 4.09. The van der Waals surface area contributed by atoms with E-state index in [2.05, 4.69) is 5.32 Å². The van der Waals surface area contributed by atoms with Gasteiger partial charge in [-0.05, 0) is 12.0 Å². The molecule has 1 rings (SSSR count). The summed E-state index contributed by atoms with van der Waals surface area (Å²) in [7, 11) is 0. The third-order valence-corrected chi connectivity index (χ3v) is 2.77. The van der Waals surface area contributed by atoms with E-state index >= 15 is 0 Å². The number of carbonyl (C=O) groups excluding carboxylic acids is 1. The molecule has 0 saturated carbocycles. The molecule has 1 unspecified atom stereocenters. The summed E-state index contributed by atoms with van der Waals surface area (Å²) in [5, 5.41) is 30.3. The number of nitrogens with zero attached hydrogens (tertiary/aromatic N) is 1. The molecule has 0 fully saturated rings. The predicted octanol–water partition coefficient (Wildman–Crippen LogP) is 0.571. The maximum atomic E-state index is 11.8. The Labute approximate surface area is 124 Å². The molecule has 9 heteroatoms. The first kappa shape index (κ1) is 17.1. The summed E-state index contributed by atoms with van der Waals surface area (Å²) in [5.74, 6) is -3.16. The highest BCUT2D eigenvalue weighted by molar-refractivity contribution is 5.85. The summed E-state index contributed by atoms with van der Waals surface area (Å²) in [6.07, 6.45) is -0.877. The minimum absolute atomic E-state index is 0.175. The van der Waals surface area contributed by atoms with Crippen LogP contribution in [0, 0.1) is 10.1 Å². The van der Waals surface area contributed by atoms with Crippen molar-refractivity contribution in [1.82, 2.24) is 5.32 Å². The summed E-state index contributed by atoms with van der Waals surface area (Å²) in [5.41, 5.74) is 0.181. The SMILES string of the molecule is O=C(O)CCC(NC(=O)Cc1cccc([N+](=O)[O-])c1)C(=O)O. The number of nitrogens with one attached hydrogen (secondary N) is 1. The molecular formula is C13H14N2O7. The Balaban J connectivity index is 2.67. The largest absolute Gasteiger partial charge is 0.481 e. The molecule has 118 valence electrons. The van der Waals surface area contributed by atoms with Crippen molar-refractivity contribution in [3.8, 4) is 0 Å². The van der Waals surface area contributed by atoms with Gasteiger partial charge in [-0.3, -0.25) is 19.7 Å². The Kier molecular flexibility index (Phi) is 5.99. The highest BCUT2D eigenvalue weighted by Gasteiger charge is 2.21. The number of aliphatic carboxylic acids is 2. The Morgan fingerprint density at radius 1 is 1.27 bits per heavy atom. The third-order valence-electron chi connectivity index (χ3n) is 2.77. The summed E-state index contributed by atoms with van der Waals surface area (Å²) in [6.45, 7) is 0. The number of hydrogen-bond acceptors (Lipinski definition) is 5. The Morgan fingerprint density at radius 3 is 2.50 bits per heavy atom. The molecule has 1 aromatic rings. The van der Waals surface area contributed by atoms with E-state index in [1.807, 2.05) is 0 Å². The molecule has 0 aliphatic carbocycles. The normalized spacial score (nSPS) is 11.5. The van der Waals surface area contributed by atoms with Crippen molar-refractivity contribution in [2.75, 3.05) is 0 Å². The van der Waals surface area contributed by atoms with Crippen LogP contribution < -0.4 is 5.32 Å². The first-order chi connectivity index (χ1) is 10.3. The van der Waals surface area contributed by atoms with Gasteiger partial charge >= 0.3 is 11.9 Å². The zero-order valence-electron chi connectivity index (χ0n) is 11.4.